The fraction of sp³-hybridized carbons (Fsp3) is 0.797. The highest BCUT2D eigenvalue weighted by atomic mass is 16.7. The minimum Gasteiger partial charge on any atom is -0.454 e. The summed E-state index contributed by atoms with van der Waals surface area (Å²) < 4.78 is 17.6. The molecule has 0 aromatic carbocycles. The summed E-state index contributed by atoms with van der Waals surface area (Å²) in [6, 6.07) is -1.03. The van der Waals surface area contributed by atoms with Gasteiger partial charge >= 0.3 is 5.97 Å². The smallest absolute Gasteiger partial charge is 0.306 e. The first-order chi connectivity index (χ1) is 39.2. The van der Waals surface area contributed by atoms with E-state index in [1.165, 1.54) is 128 Å². The Morgan fingerprint density at radius 3 is 1.32 bits per heavy atom. The second-order valence-electron chi connectivity index (χ2n) is 22.8. The molecule has 0 aromatic rings. The number of carbonyl (C=O) groups is 2. The summed E-state index contributed by atoms with van der Waals surface area (Å²) in [5, 5.41) is 57.1. The molecule has 0 saturated carbocycles. The third-order valence-corrected chi connectivity index (χ3v) is 15.3. The number of amides is 1. The van der Waals surface area contributed by atoms with Crippen LogP contribution in [0.5, 0.6) is 0 Å². The first-order valence-electron chi connectivity index (χ1n) is 33.2. The number of unbranched alkanes of at least 4 members (excludes halogenated alkanes) is 32. The maximum absolute atomic E-state index is 13.4. The lowest BCUT2D eigenvalue weighted by atomic mass is 9.99. The molecule has 1 heterocycles. The summed E-state index contributed by atoms with van der Waals surface area (Å²) >= 11 is 0. The Bertz CT molecular complexity index is 1580. The number of rotatable bonds is 56. The summed E-state index contributed by atoms with van der Waals surface area (Å²) in [6.45, 7) is 5.76. The van der Waals surface area contributed by atoms with Gasteiger partial charge in [-0.3, -0.25) is 9.59 Å². The molecule has 8 unspecified atom stereocenters. The van der Waals surface area contributed by atoms with Crippen molar-refractivity contribution in [3.8, 4) is 0 Å². The predicted molar refractivity (Wildman–Crippen MR) is 333 cm³/mol. The number of hydrogen-bond donors (Lipinski definition) is 6. The lowest BCUT2D eigenvalue weighted by molar-refractivity contribution is -0.305. The van der Waals surface area contributed by atoms with E-state index in [9.17, 15) is 35.1 Å². The Hall–Kier alpha value is -2.90. The highest BCUT2D eigenvalue weighted by molar-refractivity contribution is 5.80. The molecule has 1 rings (SSSR count). The van der Waals surface area contributed by atoms with Crippen molar-refractivity contribution in [2.45, 2.75) is 339 Å². The topological polar surface area (TPSA) is 175 Å². The van der Waals surface area contributed by atoms with Crippen molar-refractivity contribution in [2.75, 3.05) is 13.2 Å². The molecule has 6 N–H and O–H groups in total. The van der Waals surface area contributed by atoms with Gasteiger partial charge in [-0.05, 0) is 96.3 Å². The van der Waals surface area contributed by atoms with Gasteiger partial charge in [0.15, 0.2) is 12.4 Å². The summed E-state index contributed by atoms with van der Waals surface area (Å²) in [6.07, 6.45) is 62.2. The molecule has 1 fully saturated rings. The van der Waals surface area contributed by atoms with Crippen LogP contribution in [-0.4, -0.2) is 99.6 Å². The number of esters is 1. The van der Waals surface area contributed by atoms with Crippen LogP contribution in [0.2, 0.25) is 0 Å². The average Bonchev–Trinajstić information content (AvgIpc) is 3.48. The molecule has 1 aliphatic heterocycles. The van der Waals surface area contributed by atoms with Crippen LogP contribution in [-0.2, 0) is 23.8 Å². The quantitative estimate of drug-likeness (QED) is 0.0195. The third-order valence-electron chi connectivity index (χ3n) is 15.3. The molecular formula is C69H123NO10. The normalized spacial score (nSPS) is 19.2. The van der Waals surface area contributed by atoms with E-state index in [2.05, 4.69) is 86.8 Å². The minimum absolute atomic E-state index is 0.109. The molecule has 11 heteroatoms. The van der Waals surface area contributed by atoms with Crippen LogP contribution in [0, 0.1) is 0 Å². The van der Waals surface area contributed by atoms with Gasteiger partial charge in [0.2, 0.25) is 5.91 Å². The van der Waals surface area contributed by atoms with E-state index in [0.717, 1.165) is 116 Å². The van der Waals surface area contributed by atoms with E-state index in [1.54, 1.807) is 6.08 Å². The van der Waals surface area contributed by atoms with Gasteiger partial charge in [-0.2, -0.15) is 0 Å². The molecule has 8 atom stereocenters. The second-order valence-corrected chi connectivity index (χ2v) is 22.8. The van der Waals surface area contributed by atoms with Gasteiger partial charge < -0.3 is 45.1 Å². The van der Waals surface area contributed by atoms with Crippen LogP contribution in [0.25, 0.3) is 0 Å². The monoisotopic (exact) mass is 1130 g/mol. The number of ether oxygens (including phenoxy) is 3. The lowest BCUT2D eigenvalue weighted by Crippen LogP contribution is -2.61. The zero-order chi connectivity index (χ0) is 58.2. The molecule has 80 heavy (non-hydrogen) atoms. The molecule has 0 bridgehead atoms. The average molecular weight is 1130 g/mol. The number of aliphatic hydroxyl groups excluding tert-OH is 5. The Labute approximate surface area is 490 Å². The van der Waals surface area contributed by atoms with Crippen molar-refractivity contribution in [2.24, 2.45) is 0 Å². The van der Waals surface area contributed by atoms with Crippen LogP contribution in [0.15, 0.2) is 72.9 Å². The van der Waals surface area contributed by atoms with Crippen LogP contribution < -0.4 is 5.32 Å². The number of hydrogen-bond acceptors (Lipinski definition) is 10. The molecule has 1 aliphatic rings. The minimum atomic E-state index is -1.62. The van der Waals surface area contributed by atoms with E-state index in [0.29, 0.717) is 12.8 Å². The molecule has 0 radical (unpaired) electrons. The first kappa shape index (κ1) is 75.1. The van der Waals surface area contributed by atoms with Crippen LogP contribution in [0.4, 0.5) is 0 Å². The molecule has 0 aliphatic carbocycles. The van der Waals surface area contributed by atoms with E-state index in [-0.39, 0.29) is 19.4 Å². The van der Waals surface area contributed by atoms with Crippen LogP contribution in [0.1, 0.15) is 290 Å². The van der Waals surface area contributed by atoms with Gasteiger partial charge in [-0.15, -0.1) is 0 Å². The number of nitrogens with one attached hydrogen (secondary N) is 1. The highest BCUT2D eigenvalue weighted by Crippen LogP contribution is 2.26. The molecule has 11 nitrogen and oxygen atoms in total. The van der Waals surface area contributed by atoms with Crippen molar-refractivity contribution in [3.63, 3.8) is 0 Å². The van der Waals surface area contributed by atoms with E-state index in [1.807, 2.05) is 6.08 Å². The number of carbonyl (C=O) groups excluding carboxylic acids is 2. The Balaban J connectivity index is 2.64. The zero-order valence-electron chi connectivity index (χ0n) is 51.4. The van der Waals surface area contributed by atoms with Crippen molar-refractivity contribution in [1.82, 2.24) is 5.32 Å². The summed E-state index contributed by atoms with van der Waals surface area (Å²) in [5.41, 5.74) is 0. The number of aliphatic hydroxyl groups is 5. The maximum atomic E-state index is 13.4. The van der Waals surface area contributed by atoms with Gasteiger partial charge in [0.1, 0.15) is 24.4 Å². The molecule has 0 spiro atoms. The number of allylic oxidation sites excluding steroid dienone is 11. The summed E-state index contributed by atoms with van der Waals surface area (Å²) in [7, 11) is 0. The van der Waals surface area contributed by atoms with E-state index >= 15 is 0 Å². The molecule has 0 aromatic heterocycles. The van der Waals surface area contributed by atoms with E-state index < -0.39 is 67.4 Å². The van der Waals surface area contributed by atoms with Crippen molar-refractivity contribution >= 4 is 11.9 Å². The van der Waals surface area contributed by atoms with Crippen LogP contribution >= 0.6 is 0 Å². The SMILES string of the molecule is CCCCC/C=C\C/C=C\C/C=C\C/C=C\CCCCCCCCCC(=O)OC1C(OCC(NC(=O)C(O)CCCCCCCC/C=C/CCCCCCCC)C(O)/C=C/CCCCCCCCCCCC)OC(CO)C(O)C1O. The summed E-state index contributed by atoms with van der Waals surface area (Å²) in [4.78, 5) is 26.6. The van der Waals surface area contributed by atoms with Gasteiger partial charge in [-0.25, -0.2) is 0 Å². The lowest BCUT2D eigenvalue weighted by Gasteiger charge is -2.41. The second kappa shape index (κ2) is 56.6. The largest absolute Gasteiger partial charge is 0.454 e. The van der Waals surface area contributed by atoms with Crippen LogP contribution in [0.3, 0.4) is 0 Å². The fourth-order valence-corrected chi connectivity index (χ4v) is 10.0. The van der Waals surface area contributed by atoms with Crippen molar-refractivity contribution in [1.29, 1.82) is 0 Å². The molecular weight excluding hydrogens is 1000 g/mol. The Morgan fingerprint density at radius 1 is 0.487 bits per heavy atom. The molecule has 464 valence electrons. The Morgan fingerprint density at radius 2 is 0.863 bits per heavy atom. The highest BCUT2D eigenvalue weighted by Gasteiger charge is 2.47. The van der Waals surface area contributed by atoms with Gasteiger partial charge in [-0.1, -0.05) is 261 Å². The van der Waals surface area contributed by atoms with E-state index in [4.69, 9.17) is 14.2 Å². The predicted octanol–water partition coefficient (Wildman–Crippen LogP) is 16.3. The Kier molecular flexibility index (Phi) is 53.1. The maximum Gasteiger partial charge on any atom is 0.306 e. The molecule has 1 saturated heterocycles. The van der Waals surface area contributed by atoms with Gasteiger partial charge in [0.05, 0.1) is 25.4 Å². The zero-order valence-corrected chi connectivity index (χ0v) is 51.4. The fourth-order valence-electron chi connectivity index (χ4n) is 10.0. The first-order valence-corrected chi connectivity index (χ1v) is 33.2. The van der Waals surface area contributed by atoms with Crippen molar-refractivity contribution in [3.05, 3.63) is 72.9 Å². The molecule has 1 amide bonds. The standard InChI is InChI=1S/C69H123NO10/c1-4-7-10-13-16-19-22-25-27-29-30-31-32-33-34-35-37-39-42-45-48-51-54-57-64(74)80-67-66(76)65(75)63(58-71)79-69(67)78-59-60(61(72)55-52-49-46-43-40-24-21-18-15-12-9-6-3)70-68(77)62(73)56-53-50-47-44-41-38-36-28-26-23-20-17-14-11-8-5-2/h16,19,25-28,30-31,33-34,52,55,60-63,65-67,69,71-73,75-76H,4-15,17-18,20-24,29,32,35-51,53-54,56-59H2,1-3H3,(H,70,77)/b19-16-,27-25-,28-26+,31-30-,34-33-,55-52+. The van der Waals surface area contributed by atoms with Gasteiger partial charge in [0.25, 0.3) is 0 Å². The van der Waals surface area contributed by atoms with Crippen molar-refractivity contribution < 1.29 is 49.3 Å². The van der Waals surface area contributed by atoms with Gasteiger partial charge in [0, 0.05) is 6.42 Å². The summed E-state index contributed by atoms with van der Waals surface area (Å²) in [5.74, 6) is -1.21. The third kappa shape index (κ3) is 43.7.